The highest BCUT2D eigenvalue weighted by Crippen LogP contribution is 2.49. The van der Waals surface area contributed by atoms with Crippen LogP contribution in [-0.4, -0.2) is 36.1 Å². The van der Waals surface area contributed by atoms with Crippen molar-refractivity contribution in [3.8, 4) is 5.75 Å². The van der Waals surface area contributed by atoms with Crippen LogP contribution >= 0.6 is 0 Å². The van der Waals surface area contributed by atoms with Gasteiger partial charge in [0.05, 0.1) is 12.7 Å². The minimum Gasteiger partial charge on any atom is -0.497 e. The Morgan fingerprint density at radius 3 is 2.41 bits per heavy atom. The molecule has 2 aromatic rings. The van der Waals surface area contributed by atoms with Crippen molar-refractivity contribution >= 4 is 5.91 Å². The van der Waals surface area contributed by atoms with Gasteiger partial charge in [0.15, 0.2) is 0 Å². The largest absolute Gasteiger partial charge is 0.497 e. The van der Waals surface area contributed by atoms with Crippen molar-refractivity contribution in [2.75, 3.05) is 20.2 Å². The fraction of sp³-hybridized carbons (Fsp3) is 0.435. The third-order valence-electron chi connectivity index (χ3n) is 6.20. The smallest absolute Gasteiger partial charge is 0.226 e. The van der Waals surface area contributed by atoms with E-state index in [4.69, 9.17) is 4.74 Å². The van der Waals surface area contributed by atoms with Crippen LogP contribution in [0.25, 0.3) is 0 Å². The van der Waals surface area contributed by atoms with E-state index in [1.54, 1.807) is 7.11 Å². The fourth-order valence-electron chi connectivity index (χ4n) is 4.38. The van der Waals surface area contributed by atoms with E-state index in [1.807, 2.05) is 48.2 Å². The quantitative estimate of drug-likeness (QED) is 0.900. The summed E-state index contributed by atoms with van der Waals surface area (Å²) < 4.78 is 5.20. The number of likely N-dealkylation sites (tertiary alicyclic amines) is 1. The lowest BCUT2D eigenvalue weighted by molar-refractivity contribution is -0.137. The minimum atomic E-state index is -0.818. The molecule has 1 saturated carbocycles. The molecule has 1 saturated heterocycles. The van der Waals surface area contributed by atoms with Crippen LogP contribution in [0.4, 0.5) is 0 Å². The van der Waals surface area contributed by atoms with Gasteiger partial charge in [-0.3, -0.25) is 4.79 Å². The molecule has 2 unspecified atom stereocenters. The average Bonchev–Trinajstić information content (AvgIpc) is 3.49. The molecule has 4 nitrogen and oxygen atoms in total. The molecule has 4 heteroatoms. The molecule has 2 atom stereocenters. The van der Waals surface area contributed by atoms with Crippen LogP contribution in [0.15, 0.2) is 48.5 Å². The maximum Gasteiger partial charge on any atom is 0.226 e. The number of amides is 1. The molecule has 0 radical (unpaired) electrons. The van der Waals surface area contributed by atoms with Crippen molar-refractivity contribution in [3.05, 3.63) is 65.2 Å². The zero-order chi connectivity index (χ0) is 19.0. The van der Waals surface area contributed by atoms with Gasteiger partial charge in [0.2, 0.25) is 5.91 Å². The number of methoxy groups -OCH3 is 1. The van der Waals surface area contributed by atoms with Crippen LogP contribution in [0, 0.1) is 12.8 Å². The topological polar surface area (TPSA) is 49.8 Å². The number of carbonyl (C=O) groups excluding carboxylic acids is 1. The van der Waals surface area contributed by atoms with E-state index in [9.17, 15) is 9.90 Å². The molecule has 142 valence electrons. The van der Waals surface area contributed by atoms with Crippen molar-refractivity contribution in [1.82, 2.24) is 4.90 Å². The molecule has 0 aromatic heterocycles. The highest BCUT2D eigenvalue weighted by atomic mass is 16.5. The summed E-state index contributed by atoms with van der Waals surface area (Å²) in [6.45, 7) is 3.28. The van der Waals surface area contributed by atoms with Crippen molar-refractivity contribution in [2.45, 2.75) is 37.7 Å². The van der Waals surface area contributed by atoms with Crippen molar-refractivity contribution in [1.29, 1.82) is 0 Å². The van der Waals surface area contributed by atoms with Crippen LogP contribution in [0.5, 0.6) is 5.75 Å². The lowest BCUT2D eigenvalue weighted by Crippen LogP contribution is -2.46. The van der Waals surface area contributed by atoms with Gasteiger partial charge in [-0.2, -0.15) is 0 Å². The summed E-state index contributed by atoms with van der Waals surface area (Å²) >= 11 is 0. The molecule has 2 aliphatic rings. The third-order valence-corrected chi connectivity index (χ3v) is 6.20. The first-order valence-corrected chi connectivity index (χ1v) is 9.73. The molecule has 1 amide bonds. The molecule has 27 heavy (non-hydrogen) atoms. The Hall–Kier alpha value is -2.33. The first-order valence-electron chi connectivity index (χ1n) is 9.73. The normalized spacial score (nSPS) is 23.7. The second-order valence-corrected chi connectivity index (χ2v) is 7.89. The van der Waals surface area contributed by atoms with Crippen LogP contribution < -0.4 is 4.74 Å². The van der Waals surface area contributed by atoms with Crippen molar-refractivity contribution < 1.29 is 14.6 Å². The zero-order valence-electron chi connectivity index (χ0n) is 16.0. The van der Waals surface area contributed by atoms with Crippen molar-refractivity contribution in [2.24, 2.45) is 5.92 Å². The molecule has 1 aliphatic heterocycles. The fourth-order valence-corrected chi connectivity index (χ4v) is 4.38. The summed E-state index contributed by atoms with van der Waals surface area (Å²) in [5.74, 6) is 1.49. The van der Waals surface area contributed by atoms with Crippen LogP contribution in [0.2, 0.25) is 0 Å². The van der Waals surface area contributed by atoms with Gasteiger partial charge in [0, 0.05) is 19.0 Å². The Kier molecular flexibility index (Phi) is 4.68. The second-order valence-electron chi connectivity index (χ2n) is 7.89. The van der Waals surface area contributed by atoms with Gasteiger partial charge < -0.3 is 14.7 Å². The molecule has 0 spiro atoms. The minimum absolute atomic E-state index is 0.0862. The molecule has 2 fully saturated rings. The lowest BCUT2D eigenvalue weighted by atomic mass is 9.82. The Balaban J connectivity index is 1.37. The number of benzene rings is 2. The predicted molar refractivity (Wildman–Crippen MR) is 105 cm³/mol. The van der Waals surface area contributed by atoms with E-state index >= 15 is 0 Å². The van der Waals surface area contributed by atoms with E-state index < -0.39 is 5.60 Å². The van der Waals surface area contributed by atoms with Crippen molar-refractivity contribution in [3.63, 3.8) is 0 Å². The molecule has 1 heterocycles. The van der Waals surface area contributed by atoms with Gasteiger partial charge in [-0.15, -0.1) is 0 Å². The molecular formula is C23H27NO3. The first kappa shape index (κ1) is 18.1. The SMILES string of the molecule is COc1ccc(C2CC2C(=O)N2CCC(O)(c3ccccc3C)CC2)cc1. The number of piperidine rings is 1. The summed E-state index contributed by atoms with van der Waals surface area (Å²) in [6, 6.07) is 16.0. The third kappa shape index (κ3) is 3.46. The van der Waals surface area contributed by atoms with E-state index in [0.29, 0.717) is 31.8 Å². The predicted octanol–water partition coefficient (Wildman–Crippen LogP) is 3.62. The lowest BCUT2D eigenvalue weighted by Gasteiger charge is -2.39. The van der Waals surface area contributed by atoms with Crippen LogP contribution in [0.1, 0.15) is 41.9 Å². The highest BCUT2D eigenvalue weighted by Gasteiger charge is 2.47. The van der Waals surface area contributed by atoms with E-state index in [1.165, 1.54) is 5.56 Å². The van der Waals surface area contributed by atoms with Gasteiger partial charge in [-0.25, -0.2) is 0 Å². The number of nitrogens with zero attached hydrogens (tertiary/aromatic N) is 1. The number of rotatable bonds is 4. The average molecular weight is 365 g/mol. The number of ether oxygens (including phenoxy) is 1. The number of aryl methyl sites for hydroxylation is 1. The highest BCUT2D eigenvalue weighted by molar-refractivity contribution is 5.83. The van der Waals surface area contributed by atoms with E-state index in [0.717, 1.165) is 23.3 Å². The Labute approximate surface area is 160 Å². The molecule has 1 aliphatic carbocycles. The van der Waals surface area contributed by atoms with Gasteiger partial charge in [-0.05, 0) is 60.9 Å². The summed E-state index contributed by atoms with van der Waals surface area (Å²) in [5.41, 5.74) is 2.50. The van der Waals surface area contributed by atoms with Gasteiger partial charge >= 0.3 is 0 Å². The number of hydrogen-bond acceptors (Lipinski definition) is 3. The second kappa shape index (κ2) is 7.01. The number of hydrogen-bond donors (Lipinski definition) is 1. The summed E-state index contributed by atoms with van der Waals surface area (Å²) in [6.07, 6.45) is 2.12. The zero-order valence-corrected chi connectivity index (χ0v) is 16.0. The first-order chi connectivity index (χ1) is 13.0. The maximum atomic E-state index is 12.9. The monoisotopic (exact) mass is 365 g/mol. The van der Waals surface area contributed by atoms with Gasteiger partial charge in [-0.1, -0.05) is 36.4 Å². The van der Waals surface area contributed by atoms with Crippen LogP contribution in [-0.2, 0) is 10.4 Å². The molecule has 1 N–H and O–H groups in total. The Morgan fingerprint density at radius 1 is 1.11 bits per heavy atom. The summed E-state index contributed by atoms with van der Waals surface area (Å²) in [4.78, 5) is 14.8. The number of aliphatic hydroxyl groups is 1. The van der Waals surface area contributed by atoms with E-state index in [2.05, 4.69) is 12.1 Å². The Morgan fingerprint density at radius 2 is 1.78 bits per heavy atom. The Bertz CT molecular complexity index is 822. The van der Waals surface area contributed by atoms with Crippen LogP contribution in [0.3, 0.4) is 0 Å². The molecule has 0 bridgehead atoms. The maximum absolute atomic E-state index is 12.9. The summed E-state index contributed by atoms with van der Waals surface area (Å²) in [7, 11) is 1.66. The molecule has 4 rings (SSSR count). The van der Waals surface area contributed by atoms with E-state index in [-0.39, 0.29) is 11.8 Å². The standard InChI is InChI=1S/C23H27NO3/c1-16-5-3-4-6-21(16)23(26)11-13-24(14-12-23)22(25)20-15-19(20)17-7-9-18(27-2)10-8-17/h3-10,19-20,26H,11-15H2,1-2H3. The molecule has 2 aromatic carbocycles. The van der Waals surface area contributed by atoms with Gasteiger partial charge in [0.1, 0.15) is 5.75 Å². The summed E-state index contributed by atoms with van der Waals surface area (Å²) in [5, 5.41) is 11.1. The van der Waals surface area contributed by atoms with Gasteiger partial charge in [0.25, 0.3) is 0 Å². The number of carbonyl (C=O) groups is 1. The molecular weight excluding hydrogens is 338 g/mol.